The molecule has 1 N–H and O–H groups in total. The van der Waals surface area contributed by atoms with Gasteiger partial charge in [-0.15, -0.1) is 0 Å². The summed E-state index contributed by atoms with van der Waals surface area (Å²) in [7, 11) is 1.72. The Morgan fingerprint density at radius 2 is 2.05 bits per heavy atom. The molecule has 1 heterocycles. The standard InChI is InChI=1S/C17H21BrN2O/c1-5-19-17(14-7-6-13(18)10-20-14)16-12(3)8-11(2)9-15(16)21-4/h6-10,17,19H,5H2,1-4H3. The molecule has 0 aliphatic heterocycles. The Balaban J connectivity index is 2.55. The lowest BCUT2D eigenvalue weighted by Crippen LogP contribution is -2.24. The van der Waals surface area contributed by atoms with E-state index in [1.807, 2.05) is 18.3 Å². The molecule has 112 valence electrons. The van der Waals surface area contributed by atoms with Crippen molar-refractivity contribution in [3.63, 3.8) is 0 Å². The number of rotatable bonds is 5. The van der Waals surface area contributed by atoms with E-state index >= 15 is 0 Å². The highest BCUT2D eigenvalue weighted by Gasteiger charge is 2.21. The number of hydrogen-bond donors (Lipinski definition) is 1. The maximum Gasteiger partial charge on any atom is 0.124 e. The smallest absolute Gasteiger partial charge is 0.124 e. The van der Waals surface area contributed by atoms with Gasteiger partial charge in [0, 0.05) is 16.2 Å². The van der Waals surface area contributed by atoms with Crippen molar-refractivity contribution in [1.29, 1.82) is 0 Å². The van der Waals surface area contributed by atoms with Crippen molar-refractivity contribution in [2.75, 3.05) is 13.7 Å². The summed E-state index contributed by atoms with van der Waals surface area (Å²) in [4.78, 5) is 4.55. The maximum absolute atomic E-state index is 5.60. The molecule has 0 spiro atoms. The van der Waals surface area contributed by atoms with Crippen LogP contribution < -0.4 is 10.1 Å². The van der Waals surface area contributed by atoms with Crippen molar-refractivity contribution in [1.82, 2.24) is 10.3 Å². The summed E-state index contributed by atoms with van der Waals surface area (Å²) < 4.78 is 6.58. The van der Waals surface area contributed by atoms with Gasteiger partial charge in [-0.05, 0) is 65.6 Å². The van der Waals surface area contributed by atoms with Crippen LogP contribution in [0.1, 0.15) is 35.3 Å². The Labute approximate surface area is 134 Å². The van der Waals surface area contributed by atoms with Crippen LogP contribution in [0.25, 0.3) is 0 Å². The molecule has 1 aromatic carbocycles. The van der Waals surface area contributed by atoms with Gasteiger partial charge < -0.3 is 10.1 Å². The largest absolute Gasteiger partial charge is 0.496 e. The molecule has 0 saturated carbocycles. The minimum atomic E-state index is 0.0265. The van der Waals surface area contributed by atoms with E-state index in [0.717, 1.165) is 28.0 Å². The zero-order chi connectivity index (χ0) is 15.4. The number of halogens is 1. The zero-order valence-electron chi connectivity index (χ0n) is 12.9. The summed E-state index contributed by atoms with van der Waals surface area (Å²) in [6, 6.07) is 8.34. The summed E-state index contributed by atoms with van der Waals surface area (Å²) in [5, 5.41) is 3.51. The van der Waals surface area contributed by atoms with Crippen LogP contribution >= 0.6 is 15.9 Å². The topological polar surface area (TPSA) is 34.2 Å². The van der Waals surface area contributed by atoms with Crippen LogP contribution in [-0.4, -0.2) is 18.6 Å². The van der Waals surface area contributed by atoms with E-state index in [-0.39, 0.29) is 6.04 Å². The lowest BCUT2D eigenvalue weighted by atomic mass is 9.95. The third-order valence-electron chi connectivity index (χ3n) is 3.46. The summed E-state index contributed by atoms with van der Waals surface area (Å²) >= 11 is 3.43. The Morgan fingerprint density at radius 1 is 1.29 bits per heavy atom. The monoisotopic (exact) mass is 348 g/mol. The molecule has 0 aliphatic rings. The molecule has 1 atom stereocenters. The van der Waals surface area contributed by atoms with Gasteiger partial charge in [0.1, 0.15) is 5.75 Å². The van der Waals surface area contributed by atoms with E-state index in [1.54, 1.807) is 7.11 Å². The van der Waals surface area contributed by atoms with Crippen LogP contribution in [-0.2, 0) is 0 Å². The van der Waals surface area contributed by atoms with Gasteiger partial charge in [-0.2, -0.15) is 0 Å². The fourth-order valence-corrected chi connectivity index (χ4v) is 2.83. The number of benzene rings is 1. The van der Waals surface area contributed by atoms with Crippen LogP contribution in [0.2, 0.25) is 0 Å². The first kappa shape index (κ1) is 16.0. The van der Waals surface area contributed by atoms with Crippen LogP contribution in [0.3, 0.4) is 0 Å². The summed E-state index contributed by atoms with van der Waals surface area (Å²) in [6.45, 7) is 7.16. The number of hydrogen-bond acceptors (Lipinski definition) is 3. The second-order valence-electron chi connectivity index (χ2n) is 5.09. The van der Waals surface area contributed by atoms with Crippen molar-refractivity contribution < 1.29 is 4.74 Å². The number of aryl methyl sites for hydroxylation is 2. The number of nitrogens with one attached hydrogen (secondary N) is 1. The van der Waals surface area contributed by atoms with Crippen molar-refractivity contribution in [3.8, 4) is 5.75 Å². The number of methoxy groups -OCH3 is 1. The first-order chi connectivity index (χ1) is 10.1. The average molecular weight is 349 g/mol. The van der Waals surface area contributed by atoms with Crippen molar-refractivity contribution in [2.24, 2.45) is 0 Å². The summed E-state index contributed by atoms with van der Waals surface area (Å²) in [6.07, 6.45) is 1.83. The van der Waals surface area contributed by atoms with Crippen LogP contribution in [0, 0.1) is 13.8 Å². The van der Waals surface area contributed by atoms with Crippen molar-refractivity contribution in [2.45, 2.75) is 26.8 Å². The Hall–Kier alpha value is -1.39. The molecule has 4 heteroatoms. The van der Waals surface area contributed by atoms with Crippen molar-refractivity contribution >= 4 is 15.9 Å². The van der Waals surface area contributed by atoms with E-state index in [2.05, 4.69) is 59.1 Å². The molecule has 2 aromatic rings. The van der Waals surface area contributed by atoms with Gasteiger partial charge >= 0.3 is 0 Å². The molecule has 0 aliphatic carbocycles. The summed E-state index contributed by atoms with van der Waals surface area (Å²) in [5.41, 5.74) is 4.56. The molecular weight excluding hydrogens is 328 g/mol. The number of aromatic nitrogens is 1. The molecular formula is C17H21BrN2O. The van der Waals surface area contributed by atoms with Crippen LogP contribution in [0.5, 0.6) is 5.75 Å². The van der Waals surface area contributed by atoms with E-state index < -0.39 is 0 Å². The number of nitrogens with zero attached hydrogens (tertiary/aromatic N) is 1. The molecule has 0 fully saturated rings. The van der Waals surface area contributed by atoms with Crippen molar-refractivity contribution in [3.05, 3.63) is 57.3 Å². The normalized spacial score (nSPS) is 12.2. The zero-order valence-corrected chi connectivity index (χ0v) is 14.5. The highest BCUT2D eigenvalue weighted by atomic mass is 79.9. The first-order valence-corrected chi connectivity index (χ1v) is 7.86. The molecule has 21 heavy (non-hydrogen) atoms. The molecule has 0 bridgehead atoms. The number of pyridine rings is 1. The van der Waals surface area contributed by atoms with E-state index in [9.17, 15) is 0 Å². The molecule has 0 radical (unpaired) electrons. The average Bonchev–Trinajstić information content (AvgIpc) is 2.46. The van der Waals surface area contributed by atoms with Gasteiger partial charge in [0.15, 0.2) is 0 Å². The first-order valence-electron chi connectivity index (χ1n) is 7.06. The highest BCUT2D eigenvalue weighted by molar-refractivity contribution is 9.10. The fourth-order valence-electron chi connectivity index (χ4n) is 2.60. The lowest BCUT2D eigenvalue weighted by molar-refractivity contribution is 0.403. The SMILES string of the molecule is CCNC(c1ccc(Br)cn1)c1c(C)cc(C)cc1OC. The third kappa shape index (κ3) is 3.63. The van der Waals surface area contributed by atoms with Gasteiger partial charge in [-0.25, -0.2) is 0 Å². The minimum Gasteiger partial charge on any atom is -0.496 e. The van der Waals surface area contributed by atoms with E-state index in [1.165, 1.54) is 11.1 Å². The molecule has 0 saturated heterocycles. The second kappa shape index (κ2) is 7.05. The van der Waals surface area contributed by atoms with Gasteiger partial charge in [-0.1, -0.05) is 13.0 Å². The molecule has 1 unspecified atom stereocenters. The lowest BCUT2D eigenvalue weighted by Gasteiger charge is -2.23. The fraction of sp³-hybridized carbons (Fsp3) is 0.353. The third-order valence-corrected chi connectivity index (χ3v) is 3.93. The predicted molar refractivity (Wildman–Crippen MR) is 89.9 cm³/mol. The Morgan fingerprint density at radius 3 is 2.62 bits per heavy atom. The van der Waals surface area contributed by atoms with E-state index in [4.69, 9.17) is 4.74 Å². The van der Waals surface area contributed by atoms with Gasteiger partial charge in [-0.3, -0.25) is 4.98 Å². The molecule has 3 nitrogen and oxygen atoms in total. The van der Waals surface area contributed by atoms with Gasteiger partial charge in [0.25, 0.3) is 0 Å². The van der Waals surface area contributed by atoms with Gasteiger partial charge in [0.05, 0.1) is 18.8 Å². The second-order valence-corrected chi connectivity index (χ2v) is 6.01. The van der Waals surface area contributed by atoms with Crippen LogP contribution in [0.4, 0.5) is 0 Å². The molecule has 2 rings (SSSR count). The maximum atomic E-state index is 5.60. The molecule has 0 amide bonds. The molecule has 1 aromatic heterocycles. The van der Waals surface area contributed by atoms with Gasteiger partial charge in [0.2, 0.25) is 0 Å². The Bertz CT molecular complexity index is 611. The predicted octanol–water partition coefficient (Wildman–Crippen LogP) is 4.17. The van der Waals surface area contributed by atoms with Crippen LogP contribution in [0.15, 0.2) is 34.9 Å². The minimum absolute atomic E-state index is 0.0265. The summed E-state index contributed by atoms with van der Waals surface area (Å²) in [5.74, 6) is 0.906. The highest BCUT2D eigenvalue weighted by Crippen LogP contribution is 2.33. The quantitative estimate of drug-likeness (QED) is 0.880. The number of ether oxygens (including phenoxy) is 1. The van der Waals surface area contributed by atoms with E-state index in [0.29, 0.717) is 0 Å². The Kier molecular flexibility index (Phi) is 5.37.